The average molecular weight is 360 g/mol. The second-order valence-corrected chi connectivity index (χ2v) is 5.99. The van der Waals surface area contributed by atoms with Gasteiger partial charge in [-0.15, -0.1) is 6.58 Å². The van der Waals surface area contributed by atoms with Crippen molar-refractivity contribution >= 4 is 15.9 Å². The topological polar surface area (TPSA) is 12.0 Å². The molecule has 0 aliphatic rings. The van der Waals surface area contributed by atoms with E-state index in [2.05, 4.69) is 34.7 Å². The van der Waals surface area contributed by atoms with E-state index in [1.807, 2.05) is 6.08 Å². The number of benzene rings is 1. The van der Waals surface area contributed by atoms with E-state index in [1.54, 1.807) is 6.07 Å². The van der Waals surface area contributed by atoms with E-state index in [0.29, 0.717) is 0 Å². The molecule has 1 N–H and O–H groups in total. The van der Waals surface area contributed by atoms with E-state index in [4.69, 9.17) is 0 Å². The number of hydrogen-bond donors (Lipinski definition) is 1. The van der Waals surface area contributed by atoms with Gasteiger partial charge in [-0.25, -0.2) is 8.78 Å². The van der Waals surface area contributed by atoms with E-state index in [0.717, 1.165) is 50.6 Å². The van der Waals surface area contributed by atoms with Crippen LogP contribution in [0.1, 0.15) is 57.1 Å². The van der Waals surface area contributed by atoms with Crippen LogP contribution in [0.3, 0.4) is 0 Å². The van der Waals surface area contributed by atoms with Crippen LogP contribution in [0.5, 0.6) is 0 Å². The molecule has 1 aromatic rings. The van der Waals surface area contributed by atoms with Gasteiger partial charge in [0.05, 0.1) is 4.47 Å². The number of unbranched alkanes of at least 4 members (excludes halogenated alkanes) is 3. The molecule has 0 fully saturated rings. The number of hydrogen-bond acceptors (Lipinski definition) is 1. The van der Waals surface area contributed by atoms with Crippen LogP contribution >= 0.6 is 15.9 Å². The highest BCUT2D eigenvalue weighted by atomic mass is 79.9. The van der Waals surface area contributed by atoms with E-state index in [1.165, 1.54) is 6.07 Å². The molecule has 0 spiro atoms. The minimum atomic E-state index is -0.814. The molecule has 0 radical (unpaired) electrons. The minimum Gasteiger partial charge on any atom is -0.310 e. The van der Waals surface area contributed by atoms with Gasteiger partial charge in [-0.1, -0.05) is 31.9 Å². The van der Waals surface area contributed by atoms with Gasteiger partial charge >= 0.3 is 0 Å². The van der Waals surface area contributed by atoms with Crippen LogP contribution < -0.4 is 5.32 Å². The van der Waals surface area contributed by atoms with Crippen molar-refractivity contribution in [3.05, 3.63) is 46.5 Å². The molecule has 0 heterocycles. The summed E-state index contributed by atoms with van der Waals surface area (Å²) < 4.78 is 27.2. The molecule has 4 heteroatoms. The number of rotatable bonds is 10. The predicted octanol–water partition coefficient (Wildman–Crippen LogP) is 5.90. The summed E-state index contributed by atoms with van der Waals surface area (Å²) in [6, 6.07) is 2.92. The molecule has 0 amide bonds. The third-order valence-electron chi connectivity index (χ3n) is 3.48. The first-order valence-corrected chi connectivity index (χ1v) is 8.38. The van der Waals surface area contributed by atoms with Crippen molar-refractivity contribution in [2.24, 2.45) is 0 Å². The normalized spacial score (nSPS) is 12.4. The van der Waals surface area contributed by atoms with Crippen molar-refractivity contribution < 1.29 is 8.78 Å². The quantitative estimate of drug-likeness (QED) is 0.311. The Morgan fingerprint density at radius 2 is 2.05 bits per heavy atom. The highest BCUT2D eigenvalue weighted by Crippen LogP contribution is 2.30. The van der Waals surface area contributed by atoms with Crippen LogP contribution in [0.25, 0.3) is 0 Å². The zero-order chi connectivity index (χ0) is 15.7. The van der Waals surface area contributed by atoms with Gasteiger partial charge in [0, 0.05) is 6.04 Å². The lowest BCUT2D eigenvalue weighted by atomic mass is 9.99. The highest BCUT2D eigenvalue weighted by molar-refractivity contribution is 9.10. The average Bonchev–Trinajstić information content (AvgIpc) is 2.48. The maximum absolute atomic E-state index is 13.7. The van der Waals surface area contributed by atoms with Crippen molar-refractivity contribution in [2.45, 2.75) is 51.5 Å². The van der Waals surface area contributed by atoms with Crippen molar-refractivity contribution in [3.8, 4) is 0 Å². The minimum absolute atomic E-state index is 0.0538. The predicted molar refractivity (Wildman–Crippen MR) is 88.4 cm³/mol. The summed E-state index contributed by atoms with van der Waals surface area (Å²) in [6.07, 6.45) is 8.19. The fourth-order valence-electron chi connectivity index (χ4n) is 2.31. The van der Waals surface area contributed by atoms with Gasteiger partial charge in [0.1, 0.15) is 0 Å². The van der Waals surface area contributed by atoms with Gasteiger partial charge in [0.15, 0.2) is 11.6 Å². The molecule has 21 heavy (non-hydrogen) atoms. The van der Waals surface area contributed by atoms with Gasteiger partial charge in [-0.05, 0) is 59.8 Å². The number of allylic oxidation sites excluding steroid dienone is 1. The van der Waals surface area contributed by atoms with Gasteiger partial charge in [-0.2, -0.15) is 0 Å². The monoisotopic (exact) mass is 359 g/mol. The first-order valence-electron chi connectivity index (χ1n) is 7.59. The standard InChI is InChI=1S/C17H24BrF2N/c1-3-5-6-7-8-9-15(21-12-4-2)13-10-11-14(19)17(20)16(13)18/h3,10-11,15,21H,1,4-9,12H2,2H3. The molecule has 1 rings (SSSR count). The third kappa shape index (κ3) is 5.87. The Morgan fingerprint density at radius 3 is 2.71 bits per heavy atom. The second-order valence-electron chi connectivity index (χ2n) is 5.20. The van der Waals surface area contributed by atoms with E-state index < -0.39 is 11.6 Å². The van der Waals surface area contributed by atoms with E-state index >= 15 is 0 Å². The maximum Gasteiger partial charge on any atom is 0.173 e. The largest absolute Gasteiger partial charge is 0.310 e. The van der Waals surface area contributed by atoms with Crippen molar-refractivity contribution in [3.63, 3.8) is 0 Å². The van der Waals surface area contributed by atoms with Crippen LogP contribution in [0, 0.1) is 11.6 Å². The summed E-state index contributed by atoms with van der Waals surface area (Å²) in [4.78, 5) is 0. The van der Waals surface area contributed by atoms with Gasteiger partial charge in [0.25, 0.3) is 0 Å². The molecule has 1 atom stereocenters. The number of halogens is 3. The summed E-state index contributed by atoms with van der Waals surface area (Å²) in [7, 11) is 0. The highest BCUT2D eigenvalue weighted by Gasteiger charge is 2.18. The van der Waals surface area contributed by atoms with Gasteiger partial charge in [0.2, 0.25) is 0 Å². The zero-order valence-electron chi connectivity index (χ0n) is 12.6. The van der Waals surface area contributed by atoms with Crippen molar-refractivity contribution in [1.29, 1.82) is 0 Å². The smallest absolute Gasteiger partial charge is 0.173 e. The van der Waals surface area contributed by atoms with E-state index in [9.17, 15) is 8.78 Å². The van der Waals surface area contributed by atoms with Crippen molar-refractivity contribution in [2.75, 3.05) is 6.54 Å². The first kappa shape index (κ1) is 18.3. The Balaban J connectivity index is 2.72. The summed E-state index contributed by atoms with van der Waals surface area (Å²) >= 11 is 3.19. The van der Waals surface area contributed by atoms with Crippen LogP contribution in [-0.4, -0.2) is 6.54 Å². The molecule has 0 saturated heterocycles. The molecule has 0 aliphatic heterocycles. The van der Waals surface area contributed by atoms with Crippen LogP contribution in [-0.2, 0) is 0 Å². The fraction of sp³-hybridized carbons (Fsp3) is 0.529. The summed E-state index contributed by atoms with van der Waals surface area (Å²) in [5.74, 6) is -1.62. The Hall–Kier alpha value is -0.740. The summed E-state index contributed by atoms with van der Waals surface area (Å²) in [6.45, 7) is 6.67. The van der Waals surface area contributed by atoms with Crippen LogP contribution in [0.2, 0.25) is 0 Å². The Bertz CT molecular complexity index is 449. The molecule has 1 unspecified atom stereocenters. The molecule has 1 aromatic carbocycles. The molecular formula is C17H24BrF2N. The molecule has 0 aliphatic carbocycles. The third-order valence-corrected chi connectivity index (χ3v) is 4.29. The lowest BCUT2D eigenvalue weighted by molar-refractivity contribution is 0.459. The fourth-order valence-corrected chi connectivity index (χ4v) is 2.91. The summed E-state index contributed by atoms with van der Waals surface area (Å²) in [5, 5.41) is 3.42. The van der Waals surface area contributed by atoms with Crippen LogP contribution in [0.15, 0.2) is 29.3 Å². The molecule has 1 nitrogen and oxygen atoms in total. The molecule has 0 saturated carbocycles. The Morgan fingerprint density at radius 1 is 1.29 bits per heavy atom. The van der Waals surface area contributed by atoms with Gasteiger partial charge in [-0.3, -0.25) is 0 Å². The molecule has 0 bridgehead atoms. The van der Waals surface area contributed by atoms with Gasteiger partial charge < -0.3 is 5.32 Å². The second kappa shape index (κ2) is 10.1. The number of nitrogens with one attached hydrogen (secondary N) is 1. The van der Waals surface area contributed by atoms with Crippen molar-refractivity contribution in [1.82, 2.24) is 5.32 Å². The Labute approximate surface area is 135 Å². The lowest BCUT2D eigenvalue weighted by Gasteiger charge is -2.20. The van der Waals surface area contributed by atoms with E-state index in [-0.39, 0.29) is 10.5 Å². The Kier molecular flexibility index (Phi) is 8.77. The molecular weight excluding hydrogens is 336 g/mol. The molecule has 0 aromatic heterocycles. The lowest BCUT2D eigenvalue weighted by Crippen LogP contribution is -2.23. The zero-order valence-corrected chi connectivity index (χ0v) is 14.2. The molecule has 118 valence electrons. The van der Waals surface area contributed by atoms with Crippen LogP contribution in [0.4, 0.5) is 8.78 Å². The SMILES string of the molecule is C=CCCCCCC(NCCC)c1ccc(F)c(F)c1Br. The summed E-state index contributed by atoms with van der Waals surface area (Å²) in [5.41, 5.74) is 0.797. The first-order chi connectivity index (χ1) is 10.1. The maximum atomic E-state index is 13.7.